The Bertz CT molecular complexity index is 871. The van der Waals surface area contributed by atoms with Crippen molar-refractivity contribution in [3.05, 3.63) is 77.9 Å². The molecule has 0 amide bonds. The highest BCUT2D eigenvalue weighted by Gasteiger charge is 2.01. The van der Waals surface area contributed by atoms with Crippen LogP contribution in [0.2, 0.25) is 0 Å². The minimum absolute atomic E-state index is 0.258. The molecule has 0 aliphatic heterocycles. The molecule has 6 heteroatoms. The summed E-state index contributed by atoms with van der Waals surface area (Å²) in [5.74, 6) is 1.00. The van der Waals surface area contributed by atoms with Crippen LogP contribution >= 0.6 is 0 Å². The molecule has 2 aromatic carbocycles. The zero-order chi connectivity index (χ0) is 16.8. The predicted molar refractivity (Wildman–Crippen MR) is 90.2 cm³/mol. The van der Waals surface area contributed by atoms with Gasteiger partial charge in [0, 0.05) is 18.3 Å². The van der Waals surface area contributed by atoms with Gasteiger partial charge in [-0.15, -0.1) is 0 Å². The first-order valence-electron chi connectivity index (χ1n) is 7.30. The van der Waals surface area contributed by atoms with Gasteiger partial charge < -0.3 is 10.6 Å². The van der Waals surface area contributed by atoms with Gasteiger partial charge in [-0.05, 0) is 35.9 Å². The van der Waals surface area contributed by atoms with E-state index < -0.39 is 0 Å². The monoisotopic (exact) mass is 319 g/mol. The lowest BCUT2D eigenvalue weighted by atomic mass is 10.2. The molecular formula is C18H14FN5. The summed E-state index contributed by atoms with van der Waals surface area (Å²) in [6, 6.07) is 17.3. The summed E-state index contributed by atoms with van der Waals surface area (Å²) in [5, 5.41) is 15.2. The first kappa shape index (κ1) is 15.4. The van der Waals surface area contributed by atoms with Crippen molar-refractivity contribution in [1.82, 2.24) is 9.97 Å². The highest BCUT2D eigenvalue weighted by molar-refractivity contribution is 5.60. The molecule has 0 spiro atoms. The van der Waals surface area contributed by atoms with Gasteiger partial charge in [0.2, 0.25) is 0 Å². The fourth-order valence-corrected chi connectivity index (χ4v) is 2.13. The molecule has 118 valence electrons. The molecule has 1 aromatic heterocycles. The molecule has 0 aliphatic carbocycles. The highest BCUT2D eigenvalue weighted by Crippen LogP contribution is 2.17. The molecule has 0 bridgehead atoms. The standard InChI is InChI=1S/C18H14FN5/c19-15-6-4-13(5-7-15)11-21-17-9-18(23-12-22-17)24-16-3-1-2-14(8-16)10-20/h1-9,12H,11H2,(H2,21,22,23,24). The molecular weight excluding hydrogens is 305 g/mol. The van der Waals surface area contributed by atoms with Crippen LogP contribution in [0.3, 0.4) is 0 Å². The molecule has 1 heterocycles. The van der Waals surface area contributed by atoms with E-state index in [0.29, 0.717) is 23.7 Å². The zero-order valence-corrected chi connectivity index (χ0v) is 12.7. The third-order valence-electron chi connectivity index (χ3n) is 3.32. The molecule has 0 fully saturated rings. The van der Waals surface area contributed by atoms with Crippen molar-refractivity contribution >= 4 is 17.3 Å². The lowest BCUT2D eigenvalue weighted by molar-refractivity contribution is 0.627. The summed E-state index contributed by atoms with van der Waals surface area (Å²) < 4.78 is 12.9. The third kappa shape index (κ3) is 4.05. The van der Waals surface area contributed by atoms with Crippen molar-refractivity contribution in [2.75, 3.05) is 10.6 Å². The van der Waals surface area contributed by atoms with Gasteiger partial charge in [0.15, 0.2) is 0 Å². The molecule has 0 radical (unpaired) electrons. The number of aromatic nitrogens is 2. The number of hydrogen-bond acceptors (Lipinski definition) is 5. The normalized spacial score (nSPS) is 10.0. The number of benzene rings is 2. The van der Waals surface area contributed by atoms with Crippen LogP contribution in [0, 0.1) is 17.1 Å². The minimum Gasteiger partial charge on any atom is -0.366 e. The average Bonchev–Trinajstić information content (AvgIpc) is 2.62. The van der Waals surface area contributed by atoms with Crippen LogP contribution in [0.1, 0.15) is 11.1 Å². The number of anilines is 3. The van der Waals surface area contributed by atoms with Gasteiger partial charge >= 0.3 is 0 Å². The minimum atomic E-state index is -0.258. The van der Waals surface area contributed by atoms with Crippen molar-refractivity contribution in [2.24, 2.45) is 0 Å². The van der Waals surface area contributed by atoms with Gasteiger partial charge in [-0.3, -0.25) is 0 Å². The van der Waals surface area contributed by atoms with Gasteiger partial charge in [-0.1, -0.05) is 18.2 Å². The van der Waals surface area contributed by atoms with Gasteiger partial charge in [0.05, 0.1) is 11.6 Å². The van der Waals surface area contributed by atoms with Gasteiger partial charge in [0.1, 0.15) is 23.8 Å². The van der Waals surface area contributed by atoms with E-state index in [0.717, 1.165) is 11.3 Å². The molecule has 3 rings (SSSR count). The number of nitrogens with zero attached hydrogens (tertiary/aromatic N) is 3. The molecule has 0 atom stereocenters. The molecule has 3 aromatic rings. The largest absolute Gasteiger partial charge is 0.366 e. The maximum atomic E-state index is 12.9. The summed E-state index contributed by atoms with van der Waals surface area (Å²) in [6.07, 6.45) is 1.45. The summed E-state index contributed by atoms with van der Waals surface area (Å²) >= 11 is 0. The molecule has 24 heavy (non-hydrogen) atoms. The Kier molecular flexibility index (Phi) is 4.63. The van der Waals surface area contributed by atoms with Crippen molar-refractivity contribution < 1.29 is 4.39 Å². The highest BCUT2D eigenvalue weighted by atomic mass is 19.1. The first-order valence-corrected chi connectivity index (χ1v) is 7.30. The Balaban J connectivity index is 1.67. The molecule has 5 nitrogen and oxygen atoms in total. The van der Waals surface area contributed by atoms with E-state index in [-0.39, 0.29) is 5.82 Å². The van der Waals surface area contributed by atoms with E-state index in [1.54, 1.807) is 36.4 Å². The predicted octanol–water partition coefficient (Wildman–Crippen LogP) is 3.84. The topological polar surface area (TPSA) is 73.6 Å². The van der Waals surface area contributed by atoms with E-state index >= 15 is 0 Å². The van der Waals surface area contributed by atoms with E-state index in [2.05, 4.69) is 26.7 Å². The molecule has 0 aliphatic rings. The van der Waals surface area contributed by atoms with Crippen molar-refractivity contribution in [1.29, 1.82) is 5.26 Å². The molecule has 2 N–H and O–H groups in total. The molecule has 0 saturated heterocycles. The summed E-state index contributed by atoms with van der Waals surface area (Å²) in [7, 11) is 0. The van der Waals surface area contributed by atoms with Crippen LogP contribution in [0.25, 0.3) is 0 Å². The number of halogens is 1. The second-order valence-corrected chi connectivity index (χ2v) is 5.09. The van der Waals surface area contributed by atoms with Gasteiger partial charge in [-0.2, -0.15) is 5.26 Å². The van der Waals surface area contributed by atoms with E-state index in [1.165, 1.54) is 18.5 Å². The Morgan fingerprint density at radius 3 is 2.58 bits per heavy atom. The number of rotatable bonds is 5. The molecule has 0 unspecified atom stereocenters. The fourth-order valence-electron chi connectivity index (χ4n) is 2.13. The Labute approximate surface area is 138 Å². The Morgan fingerprint density at radius 2 is 1.79 bits per heavy atom. The maximum Gasteiger partial charge on any atom is 0.135 e. The first-order chi connectivity index (χ1) is 11.7. The second kappa shape index (κ2) is 7.20. The number of nitriles is 1. The Morgan fingerprint density at radius 1 is 1.00 bits per heavy atom. The van der Waals surface area contributed by atoms with Crippen LogP contribution in [-0.4, -0.2) is 9.97 Å². The van der Waals surface area contributed by atoms with Crippen LogP contribution in [-0.2, 0) is 6.54 Å². The second-order valence-electron chi connectivity index (χ2n) is 5.09. The van der Waals surface area contributed by atoms with Gasteiger partial charge in [-0.25, -0.2) is 14.4 Å². The van der Waals surface area contributed by atoms with Crippen LogP contribution in [0.15, 0.2) is 60.9 Å². The van der Waals surface area contributed by atoms with E-state index in [9.17, 15) is 4.39 Å². The third-order valence-corrected chi connectivity index (χ3v) is 3.32. The maximum absolute atomic E-state index is 12.9. The van der Waals surface area contributed by atoms with E-state index in [4.69, 9.17) is 5.26 Å². The van der Waals surface area contributed by atoms with Crippen LogP contribution in [0.4, 0.5) is 21.7 Å². The van der Waals surface area contributed by atoms with Crippen molar-refractivity contribution in [3.63, 3.8) is 0 Å². The summed E-state index contributed by atoms with van der Waals surface area (Å²) in [5.41, 5.74) is 2.30. The van der Waals surface area contributed by atoms with Crippen LogP contribution < -0.4 is 10.6 Å². The van der Waals surface area contributed by atoms with Gasteiger partial charge in [0.25, 0.3) is 0 Å². The Hall–Kier alpha value is -3.46. The average molecular weight is 319 g/mol. The molecule has 0 saturated carbocycles. The smallest absolute Gasteiger partial charge is 0.135 e. The number of nitrogens with one attached hydrogen (secondary N) is 2. The summed E-state index contributed by atoms with van der Waals surface area (Å²) in [6.45, 7) is 0.528. The van der Waals surface area contributed by atoms with Crippen molar-refractivity contribution in [3.8, 4) is 6.07 Å². The van der Waals surface area contributed by atoms with E-state index in [1.807, 2.05) is 6.07 Å². The zero-order valence-electron chi connectivity index (χ0n) is 12.7. The van der Waals surface area contributed by atoms with Crippen molar-refractivity contribution in [2.45, 2.75) is 6.54 Å². The van der Waals surface area contributed by atoms with Crippen LogP contribution in [0.5, 0.6) is 0 Å². The fraction of sp³-hybridized carbons (Fsp3) is 0.0556. The summed E-state index contributed by atoms with van der Waals surface area (Å²) in [4.78, 5) is 8.32. The quantitative estimate of drug-likeness (QED) is 0.747. The SMILES string of the molecule is N#Cc1cccc(Nc2cc(NCc3ccc(F)cc3)ncn2)c1. The lowest BCUT2D eigenvalue weighted by Gasteiger charge is -2.09. The lowest BCUT2D eigenvalue weighted by Crippen LogP contribution is -2.03. The number of hydrogen-bond donors (Lipinski definition) is 2.